The fraction of sp³-hybridized carbons (Fsp3) is 0.231. The second-order valence-corrected chi connectivity index (χ2v) is 3.86. The van der Waals surface area contributed by atoms with Gasteiger partial charge in [-0.05, 0) is 30.7 Å². The lowest BCUT2D eigenvalue weighted by Gasteiger charge is -2.04. The van der Waals surface area contributed by atoms with Crippen molar-refractivity contribution in [2.24, 2.45) is 0 Å². The fourth-order valence-electron chi connectivity index (χ4n) is 1.61. The second-order valence-electron chi connectivity index (χ2n) is 3.86. The highest BCUT2D eigenvalue weighted by Gasteiger charge is 2.05. The highest BCUT2D eigenvalue weighted by Crippen LogP contribution is 2.08. The molecule has 0 spiro atoms. The molecule has 0 radical (unpaired) electrons. The zero-order valence-corrected chi connectivity index (χ0v) is 10.2. The Labute approximate surface area is 105 Å². The molecule has 0 saturated heterocycles. The first-order chi connectivity index (χ1) is 8.69. The highest BCUT2D eigenvalue weighted by atomic mass is 16.5. The topological polar surface area (TPSA) is 70.1 Å². The molecule has 0 bridgehead atoms. The van der Waals surface area contributed by atoms with E-state index in [-0.39, 0.29) is 5.97 Å². The van der Waals surface area contributed by atoms with Crippen molar-refractivity contribution in [2.45, 2.75) is 13.5 Å². The average Bonchev–Trinajstić information content (AvgIpc) is 2.76. The van der Waals surface area contributed by atoms with Crippen molar-refractivity contribution in [3.8, 4) is 0 Å². The molecule has 2 aromatic rings. The molecule has 2 N–H and O–H groups in total. The maximum absolute atomic E-state index is 11.5. The summed E-state index contributed by atoms with van der Waals surface area (Å²) in [5.41, 5.74) is 7.14. The summed E-state index contributed by atoms with van der Waals surface area (Å²) in [6, 6.07) is 9.00. The zero-order chi connectivity index (χ0) is 13.0. The van der Waals surface area contributed by atoms with E-state index in [0.29, 0.717) is 24.5 Å². The van der Waals surface area contributed by atoms with E-state index in [1.54, 1.807) is 29.8 Å². The quantitative estimate of drug-likeness (QED) is 0.832. The molecule has 0 fully saturated rings. The van der Waals surface area contributed by atoms with Crippen LogP contribution in [-0.2, 0) is 11.3 Å². The van der Waals surface area contributed by atoms with Crippen LogP contribution in [0.2, 0.25) is 0 Å². The highest BCUT2D eigenvalue weighted by molar-refractivity contribution is 5.89. The number of hydrogen-bond donors (Lipinski definition) is 1. The van der Waals surface area contributed by atoms with Crippen LogP contribution in [0.4, 0.5) is 5.82 Å². The molecule has 0 unspecified atom stereocenters. The number of hydrogen-bond acceptors (Lipinski definition) is 4. The molecule has 5 heteroatoms. The molecular weight excluding hydrogens is 230 g/mol. The van der Waals surface area contributed by atoms with Crippen LogP contribution < -0.4 is 5.73 Å². The van der Waals surface area contributed by atoms with Gasteiger partial charge in [0.1, 0.15) is 5.82 Å². The van der Waals surface area contributed by atoms with E-state index in [1.807, 2.05) is 18.3 Å². The van der Waals surface area contributed by atoms with E-state index in [9.17, 15) is 4.79 Å². The molecule has 0 aliphatic carbocycles. The maximum Gasteiger partial charge on any atom is 0.338 e. The van der Waals surface area contributed by atoms with E-state index in [4.69, 9.17) is 10.5 Å². The van der Waals surface area contributed by atoms with Gasteiger partial charge in [-0.3, -0.25) is 4.68 Å². The predicted octanol–water partition coefficient (Wildman–Crippen LogP) is 1.69. The Morgan fingerprint density at radius 1 is 1.33 bits per heavy atom. The lowest BCUT2D eigenvalue weighted by molar-refractivity contribution is 0.0526. The number of nitrogens with two attached hydrogens (primary N) is 1. The number of benzene rings is 1. The van der Waals surface area contributed by atoms with Crippen LogP contribution in [0.5, 0.6) is 0 Å². The molecule has 1 aromatic carbocycles. The van der Waals surface area contributed by atoms with Gasteiger partial charge in [0.05, 0.1) is 18.7 Å². The SMILES string of the molecule is CCOC(=O)c1ccc(Cn2ccc(N)n2)cc1. The molecule has 0 amide bonds. The van der Waals surface area contributed by atoms with E-state index in [0.717, 1.165) is 5.56 Å². The van der Waals surface area contributed by atoms with Gasteiger partial charge in [-0.2, -0.15) is 5.10 Å². The Balaban J connectivity index is 2.05. The summed E-state index contributed by atoms with van der Waals surface area (Å²) in [6.07, 6.45) is 1.81. The van der Waals surface area contributed by atoms with Crippen molar-refractivity contribution in [3.63, 3.8) is 0 Å². The zero-order valence-electron chi connectivity index (χ0n) is 10.2. The van der Waals surface area contributed by atoms with Crippen molar-refractivity contribution in [1.29, 1.82) is 0 Å². The number of aromatic nitrogens is 2. The summed E-state index contributed by atoms with van der Waals surface area (Å²) in [6.45, 7) is 2.79. The molecule has 94 valence electrons. The first-order valence-electron chi connectivity index (χ1n) is 5.74. The Morgan fingerprint density at radius 2 is 2.06 bits per heavy atom. The van der Waals surface area contributed by atoms with Crippen LogP contribution in [-0.4, -0.2) is 22.4 Å². The van der Waals surface area contributed by atoms with Crippen molar-refractivity contribution in [1.82, 2.24) is 9.78 Å². The van der Waals surface area contributed by atoms with Gasteiger partial charge in [0.2, 0.25) is 0 Å². The Hall–Kier alpha value is -2.30. The molecule has 1 aromatic heterocycles. The minimum absolute atomic E-state index is 0.299. The van der Waals surface area contributed by atoms with Gasteiger partial charge in [-0.1, -0.05) is 12.1 Å². The number of carbonyl (C=O) groups is 1. The first kappa shape index (κ1) is 12.2. The largest absolute Gasteiger partial charge is 0.462 e. The van der Waals surface area contributed by atoms with E-state index >= 15 is 0 Å². The number of anilines is 1. The Kier molecular flexibility index (Phi) is 3.62. The van der Waals surface area contributed by atoms with Crippen molar-refractivity contribution < 1.29 is 9.53 Å². The maximum atomic E-state index is 11.5. The molecule has 1 heterocycles. The van der Waals surface area contributed by atoms with Gasteiger partial charge in [0.25, 0.3) is 0 Å². The van der Waals surface area contributed by atoms with Gasteiger partial charge in [-0.15, -0.1) is 0 Å². The van der Waals surface area contributed by atoms with Crippen LogP contribution in [0.15, 0.2) is 36.5 Å². The number of nitrogens with zero attached hydrogens (tertiary/aromatic N) is 2. The van der Waals surface area contributed by atoms with Gasteiger partial charge in [0.15, 0.2) is 0 Å². The smallest absolute Gasteiger partial charge is 0.338 e. The van der Waals surface area contributed by atoms with Crippen molar-refractivity contribution in [2.75, 3.05) is 12.3 Å². The predicted molar refractivity (Wildman–Crippen MR) is 68.1 cm³/mol. The van der Waals surface area contributed by atoms with Crippen LogP contribution in [0.1, 0.15) is 22.8 Å². The lowest BCUT2D eigenvalue weighted by Crippen LogP contribution is -2.05. The molecule has 0 aliphatic rings. The Morgan fingerprint density at radius 3 is 2.61 bits per heavy atom. The van der Waals surface area contributed by atoms with E-state index in [2.05, 4.69) is 5.10 Å². The molecule has 0 atom stereocenters. The van der Waals surface area contributed by atoms with Gasteiger partial charge < -0.3 is 10.5 Å². The second kappa shape index (κ2) is 5.35. The van der Waals surface area contributed by atoms with Gasteiger partial charge in [0, 0.05) is 6.20 Å². The number of carbonyl (C=O) groups excluding carboxylic acids is 1. The van der Waals surface area contributed by atoms with Crippen molar-refractivity contribution >= 4 is 11.8 Å². The minimum atomic E-state index is -0.299. The molecule has 5 nitrogen and oxygen atoms in total. The van der Waals surface area contributed by atoms with Crippen LogP contribution >= 0.6 is 0 Å². The van der Waals surface area contributed by atoms with Crippen LogP contribution in [0.3, 0.4) is 0 Å². The third-order valence-electron chi connectivity index (χ3n) is 2.47. The van der Waals surface area contributed by atoms with Gasteiger partial charge in [-0.25, -0.2) is 4.79 Å². The molecule has 0 aliphatic heterocycles. The average molecular weight is 245 g/mol. The minimum Gasteiger partial charge on any atom is -0.462 e. The van der Waals surface area contributed by atoms with E-state index in [1.165, 1.54) is 0 Å². The molecule has 2 rings (SSSR count). The summed E-state index contributed by atoms with van der Waals surface area (Å²) in [7, 11) is 0. The molecular formula is C13H15N3O2. The number of ether oxygens (including phenoxy) is 1. The summed E-state index contributed by atoms with van der Waals surface area (Å²) in [5, 5.41) is 4.10. The number of nitrogen functional groups attached to an aromatic ring is 1. The summed E-state index contributed by atoms with van der Waals surface area (Å²) >= 11 is 0. The summed E-state index contributed by atoms with van der Waals surface area (Å²) < 4.78 is 6.66. The summed E-state index contributed by atoms with van der Waals surface area (Å²) in [5.74, 6) is 0.200. The Bertz CT molecular complexity index is 531. The van der Waals surface area contributed by atoms with Gasteiger partial charge >= 0.3 is 5.97 Å². The molecule has 18 heavy (non-hydrogen) atoms. The first-order valence-corrected chi connectivity index (χ1v) is 5.74. The third kappa shape index (κ3) is 2.88. The monoisotopic (exact) mass is 245 g/mol. The third-order valence-corrected chi connectivity index (χ3v) is 2.47. The summed E-state index contributed by atoms with van der Waals surface area (Å²) in [4.78, 5) is 11.5. The fourth-order valence-corrected chi connectivity index (χ4v) is 1.61. The van der Waals surface area contributed by atoms with Crippen LogP contribution in [0.25, 0.3) is 0 Å². The molecule has 0 saturated carbocycles. The van der Waals surface area contributed by atoms with E-state index < -0.39 is 0 Å². The number of rotatable bonds is 4. The normalized spacial score (nSPS) is 10.3. The lowest BCUT2D eigenvalue weighted by atomic mass is 10.1. The standard InChI is InChI=1S/C13H15N3O2/c1-2-18-13(17)11-5-3-10(4-6-11)9-16-8-7-12(14)15-16/h3-8H,2,9H2,1H3,(H2,14,15). The van der Waals surface area contributed by atoms with Crippen LogP contribution in [0, 0.1) is 0 Å². The number of esters is 1. The van der Waals surface area contributed by atoms with Crippen molar-refractivity contribution in [3.05, 3.63) is 47.7 Å².